The zero-order valence-corrected chi connectivity index (χ0v) is 16.7. The van der Waals surface area contributed by atoms with E-state index in [0.717, 1.165) is 16.1 Å². The molecule has 0 aliphatic carbocycles. The van der Waals surface area contributed by atoms with E-state index in [4.69, 9.17) is 9.47 Å². The first-order valence-corrected chi connectivity index (χ1v) is 10.4. The molecule has 2 aliphatic rings. The molecular weight excluding hydrogens is 376 g/mol. The van der Waals surface area contributed by atoms with Crippen LogP contribution < -0.4 is 14.4 Å². The quantitative estimate of drug-likeness (QED) is 0.741. The van der Waals surface area contributed by atoms with Crippen LogP contribution in [-0.4, -0.2) is 48.9 Å². The van der Waals surface area contributed by atoms with E-state index in [9.17, 15) is 9.59 Å². The number of amides is 2. The Morgan fingerprint density at radius 2 is 1.96 bits per heavy atom. The summed E-state index contributed by atoms with van der Waals surface area (Å²) >= 11 is 1.62. The van der Waals surface area contributed by atoms with E-state index < -0.39 is 0 Å². The number of hydrogen-bond acceptors (Lipinski definition) is 5. The molecule has 1 saturated heterocycles. The molecule has 2 aliphatic heterocycles. The normalized spacial score (nSPS) is 18.5. The summed E-state index contributed by atoms with van der Waals surface area (Å²) in [6, 6.07) is 13.3. The second kappa shape index (κ2) is 7.75. The third kappa shape index (κ3) is 3.54. The first kappa shape index (κ1) is 18.7. The molecule has 1 atom stereocenters. The van der Waals surface area contributed by atoms with Gasteiger partial charge in [0.05, 0.1) is 18.2 Å². The number of thioether (sulfide) groups is 1. The fraction of sp³-hybridized carbons (Fsp3) is 0.333. The Hall–Kier alpha value is -2.67. The lowest BCUT2D eigenvalue weighted by Gasteiger charge is -2.40. The van der Waals surface area contributed by atoms with Gasteiger partial charge in [0.15, 0.2) is 11.5 Å². The van der Waals surface area contributed by atoms with E-state index in [-0.39, 0.29) is 37.6 Å². The number of nitrogens with zero attached hydrogens (tertiary/aromatic N) is 2. The van der Waals surface area contributed by atoms with Gasteiger partial charge in [-0.05, 0) is 43.0 Å². The van der Waals surface area contributed by atoms with Gasteiger partial charge in [0.2, 0.25) is 18.6 Å². The summed E-state index contributed by atoms with van der Waals surface area (Å²) in [6.07, 6.45) is 2.23. The van der Waals surface area contributed by atoms with E-state index >= 15 is 0 Å². The van der Waals surface area contributed by atoms with E-state index in [0.29, 0.717) is 18.0 Å². The smallest absolute Gasteiger partial charge is 0.246 e. The van der Waals surface area contributed by atoms with Gasteiger partial charge in [0.25, 0.3) is 0 Å². The van der Waals surface area contributed by atoms with Crippen LogP contribution in [0.5, 0.6) is 11.5 Å². The van der Waals surface area contributed by atoms with Gasteiger partial charge in [-0.2, -0.15) is 0 Å². The van der Waals surface area contributed by atoms with Crippen molar-refractivity contribution in [3.8, 4) is 11.5 Å². The average Bonchev–Trinajstić information content (AvgIpc) is 3.15. The molecule has 2 aromatic carbocycles. The molecule has 2 heterocycles. The lowest BCUT2D eigenvalue weighted by molar-refractivity contribution is -0.137. The molecule has 146 valence electrons. The van der Waals surface area contributed by atoms with E-state index in [2.05, 4.69) is 0 Å². The maximum Gasteiger partial charge on any atom is 0.246 e. The van der Waals surface area contributed by atoms with Crippen molar-refractivity contribution in [1.82, 2.24) is 4.90 Å². The second-order valence-corrected chi connectivity index (χ2v) is 7.77. The van der Waals surface area contributed by atoms with Crippen molar-refractivity contribution >= 4 is 29.3 Å². The van der Waals surface area contributed by atoms with Gasteiger partial charge in [-0.3, -0.25) is 9.59 Å². The average molecular weight is 398 g/mol. The Bertz CT molecular complexity index is 917. The standard InChI is InChI=1S/C21H22N2O4S/c1-14-11-22(12-21(25)23(14)16-5-3-4-6-19(16)28-2)20(24)10-15-7-8-17-18(9-15)27-13-26-17/h3-9,14H,10-13H2,1-2H3. The predicted molar refractivity (Wildman–Crippen MR) is 108 cm³/mol. The molecule has 1 unspecified atom stereocenters. The monoisotopic (exact) mass is 398 g/mol. The van der Waals surface area contributed by atoms with E-state index in [1.165, 1.54) is 0 Å². The molecule has 4 rings (SSSR count). The topological polar surface area (TPSA) is 59.1 Å². The fourth-order valence-corrected chi connectivity index (χ4v) is 4.27. The molecule has 2 amide bonds. The van der Waals surface area contributed by atoms with Crippen LogP contribution in [0.25, 0.3) is 0 Å². The van der Waals surface area contributed by atoms with Crippen LogP contribution >= 0.6 is 11.8 Å². The molecule has 0 aromatic heterocycles. The largest absolute Gasteiger partial charge is 0.454 e. The zero-order valence-electron chi connectivity index (χ0n) is 15.9. The summed E-state index contributed by atoms with van der Waals surface area (Å²) in [4.78, 5) is 30.2. The van der Waals surface area contributed by atoms with Gasteiger partial charge in [-0.1, -0.05) is 18.2 Å². The summed E-state index contributed by atoms with van der Waals surface area (Å²) < 4.78 is 10.7. The lowest BCUT2D eigenvalue weighted by atomic mass is 10.1. The molecule has 6 nitrogen and oxygen atoms in total. The van der Waals surface area contributed by atoms with Crippen LogP contribution in [0.15, 0.2) is 47.4 Å². The highest BCUT2D eigenvalue weighted by molar-refractivity contribution is 7.98. The Morgan fingerprint density at radius 1 is 1.18 bits per heavy atom. The Labute approximate surface area is 168 Å². The van der Waals surface area contributed by atoms with Gasteiger partial charge in [-0.25, -0.2) is 0 Å². The number of carbonyl (C=O) groups excluding carboxylic acids is 2. The zero-order chi connectivity index (χ0) is 19.7. The molecule has 2 aromatic rings. The molecule has 0 radical (unpaired) electrons. The van der Waals surface area contributed by atoms with Gasteiger partial charge in [-0.15, -0.1) is 11.8 Å². The second-order valence-electron chi connectivity index (χ2n) is 6.92. The molecule has 0 saturated carbocycles. The van der Waals surface area contributed by atoms with Crippen molar-refractivity contribution in [3.05, 3.63) is 48.0 Å². The van der Waals surface area contributed by atoms with Crippen LogP contribution in [0.4, 0.5) is 5.69 Å². The minimum Gasteiger partial charge on any atom is -0.454 e. The van der Waals surface area contributed by atoms with Crippen LogP contribution in [0, 0.1) is 0 Å². The third-order valence-electron chi connectivity index (χ3n) is 5.01. The number of benzene rings is 2. The number of para-hydroxylation sites is 1. The molecule has 1 fully saturated rings. The van der Waals surface area contributed by atoms with Crippen molar-refractivity contribution < 1.29 is 19.1 Å². The molecule has 7 heteroatoms. The Balaban J connectivity index is 1.46. The highest BCUT2D eigenvalue weighted by Crippen LogP contribution is 2.33. The number of rotatable bonds is 4. The first-order chi connectivity index (χ1) is 13.6. The Kier molecular flexibility index (Phi) is 5.17. The van der Waals surface area contributed by atoms with Gasteiger partial charge >= 0.3 is 0 Å². The molecular formula is C21H22N2O4S. The fourth-order valence-electron chi connectivity index (χ4n) is 3.68. The van der Waals surface area contributed by atoms with Crippen molar-refractivity contribution in [1.29, 1.82) is 0 Å². The van der Waals surface area contributed by atoms with Crippen molar-refractivity contribution in [3.63, 3.8) is 0 Å². The number of ether oxygens (including phenoxy) is 2. The van der Waals surface area contributed by atoms with Crippen LogP contribution in [0.1, 0.15) is 12.5 Å². The molecule has 0 spiro atoms. The number of fused-ring (bicyclic) bond motifs is 1. The van der Waals surface area contributed by atoms with Crippen molar-refractivity contribution in [2.75, 3.05) is 31.0 Å². The van der Waals surface area contributed by atoms with Gasteiger partial charge in [0, 0.05) is 11.4 Å². The SMILES string of the molecule is CSc1ccccc1N1C(=O)CN(C(=O)Cc2ccc3c(c2)OCO3)CC1C. The summed E-state index contributed by atoms with van der Waals surface area (Å²) in [5.74, 6) is 1.24. The van der Waals surface area contributed by atoms with Gasteiger partial charge < -0.3 is 19.3 Å². The minimum atomic E-state index is -0.0877. The number of piperazine rings is 1. The van der Waals surface area contributed by atoms with E-state index in [1.54, 1.807) is 16.7 Å². The molecule has 28 heavy (non-hydrogen) atoms. The van der Waals surface area contributed by atoms with E-state index in [1.807, 2.05) is 60.5 Å². The number of anilines is 1. The highest BCUT2D eigenvalue weighted by atomic mass is 32.2. The summed E-state index contributed by atoms with van der Waals surface area (Å²) in [6.45, 7) is 2.79. The summed E-state index contributed by atoms with van der Waals surface area (Å²) in [7, 11) is 0. The molecule has 0 bridgehead atoms. The minimum absolute atomic E-state index is 0.0562. The maximum absolute atomic E-state index is 12.9. The number of carbonyl (C=O) groups is 2. The third-order valence-corrected chi connectivity index (χ3v) is 5.79. The maximum atomic E-state index is 12.9. The van der Waals surface area contributed by atoms with Crippen LogP contribution in [0.2, 0.25) is 0 Å². The Morgan fingerprint density at radius 3 is 2.75 bits per heavy atom. The number of hydrogen-bond donors (Lipinski definition) is 0. The van der Waals surface area contributed by atoms with Crippen molar-refractivity contribution in [2.24, 2.45) is 0 Å². The highest BCUT2D eigenvalue weighted by Gasteiger charge is 2.34. The van der Waals surface area contributed by atoms with Crippen molar-refractivity contribution in [2.45, 2.75) is 24.3 Å². The lowest BCUT2D eigenvalue weighted by Crippen LogP contribution is -2.57. The summed E-state index contributed by atoms with van der Waals surface area (Å²) in [5.41, 5.74) is 1.76. The summed E-state index contributed by atoms with van der Waals surface area (Å²) in [5, 5.41) is 0. The van der Waals surface area contributed by atoms with Crippen LogP contribution in [-0.2, 0) is 16.0 Å². The first-order valence-electron chi connectivity index (χ1n) is 9.18. The van der Waals surface area contributed by atoms with Gasteiger partial charge in [0.1, 0.15) is 6.54 Å². The molecule has 0 N–H and O–H groups in total. The van der Waals surface area contributed by atoms with Crippen LogP contribution in [0.3, 0.4) is 0 Å². The predicted octanol–water partition coefficient (Wildman–Crippen LogP) is 2.94.